The first-order valence-electron chi connectivity index (χ1n) is 8.08. The molecule has 0 spiro atoms. The van der Waals surface area contributed by atoms with Crippen LogP contribution in [0.5, 0.6) is 0 Å². The van der Waals surface area contributed by atoms with Crippen molar-refractivity contribution in [3.05, 3.63) is 80.9 Å². The smallest absolute Gasteiger partial charge is 0.331 e. The number of nitrogens with zero attached hydrogens (tertiary/aromatic N) is 1. The highest BCUT2D eigenvalue weighted by Crippen LogP contribution is 2.18. The summed E-state index contributed by atoms with van der Waals surface area (Å²) in [6, 6.07) is 12.5. The van der Waals surface area contributed by atoms with E-state index in [1.807, 2.05) is 19.1 Å². The number of hydrogen-bond donors (Lipinski definition) is 1. The minimum Gasteiger partial charge on any atom is -0.451 e. The number of rotatable bonds is 4. The molecule has 0 aliphatic carbocycles. The van der Waals surface area contributed by atoms with Gasteiger partial charge in [-0.15, -0.1) is 0 Å². The van der Waals surface area contributed by atoms with E-state index in [0.29, 0.717) is 21.7 Å². The molecule has 6 heteroatoms. The number of ether oxygens (including phenoxy) is 1. The fourth-order valence-electron chi connectivity index (χ4n) is 2.44. The number of carbonyl (C=O) groups excluding carboxylic acids is 1. The number of carbonyl (C=O) groups is 1. The van der Waals surface area contributed by atoms with Crippen molar-refractivity contribution in [2.24, 2.45) is 0 Å². The van der Waals surface area contributed by atoms with E-state index in [4.69, 9.17) is 16.3 Å². The third-order valence-corrected chi connectivity index (χ3v) is 4.32. The van der Waals surface area contributed by atoms with Crippen LogP contribution in [0.3, 0.4) is 0 Å². The minimum atomic E-state index is -0.689. The molecule has 0 unspecified atom stereocenters. The van der Waals surface area contributed by atoms with E-state index >= 15 is 0 Å². The van der Waals surface area contributed by atoms with Crippen LogP contribution >= 0.6 is 11.6 Å². The van der Waals surface area contributed by atoms with Crippen molar-refractivity contribution in [3.8, 4) is 0 Å². The minimum absolute atomic E-state index is 0.265. The molecular weight excluding hydrogens is 352 g/mol. The zero-order chi connectivity index (χ0) is 18.7. The number of para-hydroxylation sites is 1. The maximum atomic E-state index is 12.1. The summed E-state index contributed by atoms with van der Waals surface area (Å²) in [7, 11) is 0. The number of H-pyrrole nitrogens is 1. The first-order chi connectivity index (χ1) is 12.4. The van der Waals surface area contributed by atoms with Gasteiger partial charge in [0.2, 0.25) is 0 Å². The molecule has 1 aromatic heterocycles. The molecule has 0 saturated heterocycles. The second-order valence-corrected chi connectivity index (χ2v) is 6.30. The molecule has 2 aromatic carbocycles. The Morgan fingerprint density at radius 1 is 1.27 bits per heavy atom. The van der Waals surface area contributed by atoms with Crippen molar-refractivity contribution >= 4 is 34.5 Å². The largest absolute Gasteiger partial charge is 0.451 e. The van der Waals surface area contributed by atoms with Crippen molar-refractivity contribution in [1.29, 1.82) is 0 Å². The third-order valence-electron chi connectivity index (χ3n) is 3.92. The van der Waals surface area contributed by atoms with Crippen LogP contribution in [0.1, 0.15) is 30.0 Å². The lowest BCUT2D eigenvalue weighted by molar-refractivity contribution is -0.142. The fourth-order valence-corrected chi connectivity index (χ4v) is 2.63. The maximum Gasteiger partial charge on any atom is 0.331 e. The van der Waals surface area contributed by atoms with Crippen molar-refractivity contribution in [3.63, 3.8) is 0 Å². The van der Waals surface area contributed by atoms with Crippen LogP contribution in [0.4, 0.5) is 0 Å². The fraction of sp³-hybridized carbons (Fsp3) is 0.150. The average Bonchev–Trinajstić information content (AvgIpc) is 2.62. The van der Waals surface area contributed by atoms with Crippen LogP contribution in [0, 0.1) is 6.92 Å². The predicted molar refractivity (Wildman–Crippen MR) is 102 cm³/mol. The van der Waals surface area contributed by atoms with Gasteiger partial charge in [0.25, 0.3) is 5.56 Å². The molecule has 132 valence electrons. The molecule has 3 rings (SSSR count). The summed E-state index contributed by atoms with van der Waals surface area (Å²) in [6.07, 6.45) is 2.25. The van der Waals surface area contributed by atoms with Crippen LogP contribution in [-0.4, -0.2) is 15.9 Å². The quantitative estimate of drug-likeness (QED) is 0.553. The normalized spacial score (nSPS) is 12.4. The first kappa shape index (κ1) is 17.9. The number of aryl methyl sites for hydroxylation is 1. The van der Waals surface area contributed by atoms with Gasteiger partial charge in [0.15, 0.2) is 11.9 Å². The Kier molecular flexibility index (Phi) is 5.19. The number of aromatic amines is 1. The summed E-state index contributed by atoms with van der Waals surface area (Å²) in [4.78, 5) is 31.1. The number of hydrogen-bond acceptors (Lipinski definition) is 4. The molecule has 5 nitrogen and oxygen atoms in total. The summed E-state index contributed by atoms with van der Waals surface area (Å²) in [5.41, 5.74) is 2.05. The average molecular weight is 369 g/mol. The van der Waals surface area contributed by atoms with E-state index < -0.39 is 12.1 Å². The van der Waals surface area contributed by atoms with Crippen LogP contribution in [0.25, 0.3) is 17.0 Å². The van der Waals surface area contributed by atoms with Gasteiger partial charge in [0.1, 0.15) is 0 Å². The van der Waals surface area contributed by atoms with E-state index in [2.05, 4.69) is 9.97 Å². The van der Waals surface area contributed by atoms with Crippen LogP contribution in [-0.2, 0) is 9.53 Å². The Balaban J connectivity index is 1.74. The van der Waals surface area contributed by atoms with E-state index in [1.165, 1.54) is 6.08 Å². The molecule has 0 fully saturated rings. The molecule has 0 aliphatic heterocycles. The van der Waals surface area contributed by atoms with Gasteiger partial charge in [-0.3, -0.25) is 4.79 Å². The van der Waals surface area contributed by atoms with Crippen molar-refractivity contribution < 1.29 is 9.53 Å². The van der Waals surface area contributed by atoms with E-state index in [-0.39, 0.29) is 5.56 Å². The van der Waals surface area contributed by atoms with E-state index in [0.717, 1.165) is 11.1 Å². The van der Waals surface area contributed by atoms with Crippen molar-refractivity contribution in [2.75, 3.05) is 0 Å². The predicted octanol–water partition coefficient (Wildman–Crippen LogP) is 4.20. The molecule has 0 bridgehead atoms. The molecule has 1 heterocycles. The second kappa shape index (κ2) is 7.54. The Bertz CT molecular complexity index is 1060. The third kappa shape index (κ3) is 4.00. The highest BCUT2D eigenvalue weighted by Gasteiger charge is 2.14. The van der Waals surface area contributed by atoms with Gasteiger partial charge in [-0.1, -0.05) is 35.9 Å². The van der Waals surface area contributed by atoms with Crippen LogP contribution < -0.4 is 5.56 Å². The van der Waals surface area contributed by atoms with Crippen LogP contribution in [0.2, 0.25) is 5.02 Å². The monoisotopic (exact) mass is 368 g/mol. The zero-order valence-corrected chi connectivity index (χ0v) is 15.1. The van der Waals surface area contributed by atoms with Gasteiger partial charge >= 0.3 is 5.97 Å². The van der Waals surface area contributed by atoms with Gasteiger partial charge in [-0.25, -0.2) is 9.78 Å². The molecule has 3 aromatic rings. The summed E-state index contributed by atoms with van der Waals surface area (Å²) in [6.45, 7) is 3.56. The lowest BCUT2D eigenvalue weighted by atomic mass is 10.1. The molecule has 0 saturated carbocycles. The standard InChI is InChI=1S/C20H17ClN2O3/c1-12-7-8-14(11-16(12)21)9-10-18(24)26-13(2)19-22-17-6-4-3-5-15(17)20(25)23-19/h3-11,13H,1-2H3,(H,22,23,25)/b10-9+/t13-/m0/s1. The van der Waals surface area contributed by atoms with Gasteiger partial charge in [-0.05, 0) is 49.2 Å². The van der Waals surface area contributed by atoms with Gasteiger partial charge < -0.3 is 9.72 Å². The Labute approximate surface area is 155 Å². The number of benzene rings is 2. The Morgan fingerprint density at radius 2 is 2.04 bits per heavy atom. The highest BCUT2D eigenvalue weighted by atomic mass is 35.5. The van der Waals surface area contributed by atoms with E-state index in [9.17, 15) is 9.59 Å². The molecule has 1 N–H and O–H groups in total. The second-order valence-electron chi connectivity index (χ2n) is 5.89. The number of halogens is 1. The van der Waals surface area contributed by atoms with Crippen LogP contribution in [0.15, 0.2) is 53.3 Å². The molecule has 1 atom stereocenters. The summed E-state index contributed by atoms with van der Waals surface area (Å²) >= 11 is 6.06. The maximum absolute atomic E-state index is 12.1. The lowest BCUT2D eigenvalue weighted by Gasteiger charge is -2.11. The topological polar surface area (TPSA) is 72.0 Å². The molecule has 26 heavy (non-hydrogen) atoms. The van der Waals surface area contributed by atoms with Gasteiger partial charge in [0.05, 0.1) is 10.9 Å². The Hall–Kier alpha value is -2.92. The first-order valence-corrected chi connectivity index (χ1v) is 8.45. The molecule has 0 radical (unpaired) electrons. The molecular formula is C20H17ClN2O3. The number of aromatic nitrogens is 2. The SMILES string of the molecule is Cc1ccc(/C=C/C(=O)O[C@@H](C)c2nc3ccccc3c(=O)[nH]2)cc1Cl. The Morgan fingerprint density at radius 3 is 2.81 bits per heavy atom. The van der Waals surface area contributed by atoms with E-state index in [1.54, 1.807) is 43.3 Å². The highest BCUT2D eigenvalue weighted by molar-refractivity contribution is 6.31. The summed E-state index contributed by atoms with van der Waals surface area (Å²) < 4.78 is 5.32. The number of nitrogens with one attached hydrogen (secondary N) is 1. The van der Waals surface area contributed by atoms with Gasteiger partial charge in [0, 0.05) is 11.1 Å². The van der Waals surface area contributed by atoms with Crippen molar-refractivity contribution in [2.45, 2.75) is 20.0 Å². The molecule has 0 aliphatic rings. The molecule has 0 amide bonds. The van der Waals surface area contributed by atoms with Crippen molar-refractivity contribution in [1.82, 2.24) is 9.97 Å². The number of fused-ring (bicyclic) bond motifs is 1. The number of esters is 1. The summed E-state index contributed by atoms with van der Waals surface area (Å²) in [5.74, 6) is -0.237. The van der Waals surface area contributed by atoms with Gasteiger partial charge in [-0.2, -0.15) is 0 Å². The lowest BCUT2D eigenvalue weighted by Crippen LogP contribution is -2.16. The zero-order valence-electron chi connectivity index (χ0n) is 14.3. The summed E-state index contributed by atoms with van der Waals surface area (Å²) in [5, 5.41) is 1.12.